The van der Waals surface area contributed by atoms with Crippen LogP contribution in [0.2, 0.25) is 5.02 Å². The summed E-state index contributed by atoms with van der Waals surface area (Å²) in [4.78, 5) is 11.7. The molecule has 0 saturated heterocycles. The monoisotopic (exact) mass is 395 g/mol. The zero-order valence-electron chi connectivity index (χ0n) is 11.3. The lowest BCUT2D eigenvalue weighted by Gasteiger charge is -2.18. The second-order valence-corrected chi connectivity index (χ2v) is 8.15. The summed E-state index contributed by atoms with van der Waals surface area (Å²) in [5.74, 6) is -0.324. The summed E-state index contributed by atoms with van der Waals surface area (Å²) < 4.78 is 26.2. The molecule has 21 heavy (non-hydrogen) atoms. The molecule has 1 aromatic rings. The van der Waals surface area contributed by atoms with E-state index in [1.165, 1.54) is 19.2 Å². The summed E-state index contributed by atoms with van der Waals surface area (Å²) >= 11 is 9.00. The highest BCUT2D eigenvalue weighted by molar-refractivity contribution is 9.10. The van der Waals surface area contributed by atoms with Crippen LogP contribution in [0.3, 0.4) is 0 Å². The van der Waals surface area contributed by atoms with Gasteiger partial charge >= 0.3 is 0 Å². The van der Waals surface area contributed by atoms with Crippen LogP contribution in [0.25, 0.3) is 0 Å². The minimum Gasteiger partial charge on any atom is -0.398 e. The number of sulfonamides is 1. The normalized spacial score (nSPS) is 15.2. The van der Waals surface area contributed by atoms with Gasteiger partial charge in [0.2, 0.25) is 15.9 Å². The molecule has 9 heteroatoms. The Bertz CT molecular complexity index is 677. The van der Waals surface area contributed by atoms with Crippen LogP contribution in [-0.2, 0) is 14.8 Å². The molecular weight excluding hydrogens is 382 g/mol. The van der Waals surface area contributed by atoms with E-state index in [1.54, 1.807) is 0 Å². The number of nitrogens with zero attached hydrogens (tertiary/aromatic N) is 1. The van der Waals surface area contributed by atoms with Gasteiger partial charge in [-0.05, 0) is 40.9 Å². The van der Waals surface area contributed by atoms with Gasteiger partial charge in [-0.25, -0.2) is 8.42 Å². The maximum Gasteiger partial charge on any atom is 0.244 e. The van der Waals surface area contributed by atoms with E-state index in [1.807, 2.05) is 0 Å². The molecule has 0 unspecified atom stereocenters. The number of hydrogen-bond acceptors (Lipinski definition) is 4. The molecule has 0 aliphatic heterocycles. The molecule has 0 heterocycles. The number of nitrogens with one attached hydrogen (secondary N) is 1. The van der Waals surface area contributed by atoms with Crippen LogP contribution in [0, 0.1) is 0 Å². The summed E-state index contributed by atoms with van der Waals surface area (Å²) in [7, 11) is -2.53. The summed E-state index contributed by atoms with van der Waals surface area (Å²) in [6.45, 7) is -0.252. The first-order valence-electron chi connectivity index (χ1n) is 6.22. The fraction of sp³-hybridized carbons (Fsp3) is 0.417. The first kappa shape index (κ1) is 16.5. The molecule has 1 aromatic carbocycles. The average molecular weight is 397 g/mol. The summed E-state index contributed by atoms with van der Waals surface area (Å²) in [6, 6.07) is 2.93. The molecule has 116 valence electrons. The molecule has 0 bridgehead atoms. The van der Waals surface area contributed by atoms with E-state index in [9.17, 15) is 13.2 Å². The number of halogens is 2. The Morgan fingerprint density at radius 2 is 2.14 bits per heavy atom. The van der Waals surface area contributed by atoms with Gasteiger partial charge in [-0.1, -0.05) is 11.6 Å². The Hall–Kier alpha value is -0.830. The molecule has 3 N–H and O–H groups in total. The van der Waals surface area contributed by atoms with Crippen molar-refractivity contribution in [3.05, 3.63) is 21.6 Å². The topological polar surface area (TPSA) is 92.5 Å². The van der Waals surface area contributed by atoms with Gasteiger partial charge in [0.25, 0.3) is 0 Å². The molecule has 1 aliphatic rings. The number of carbonyl (C=O) groups excluding carboxylic acids is 1. The predicted molar refractivity (Wildman–Crippen MR) is 84.5 cm³/mol. The highest BCUT2D eigenvalue weighted by Crippen LogP contribution is 2.32. The molecule has 2 rings (SSSR count). The van der Waals surface area contributed by atoms with Crippen molar-refractivity contribution < 1.29 is 13.2 Å². The van der Waals surface area contributed by atoms with Crippen LogP contribution in [0.1, 0.15) is 12.8 Å². The highest BCUT2D eigenvalue weighted by Gasteiger charge is 2.29. The number of nitrogens with two attached hydrogens (primary N) is 1. The van der Waals surface area contributed by atoms with Crippen molar-refractivity contribution in [1.82, 2.24) is 9.62 Å². The quantitative estimate of drug-likeness (QED) is 0.739. The van der Waals surface area contributed by atoms with Crippen LogP contribution in [0.4, 0.5) is 5.69 Å². The van der Waals surface area contributed by atoms with Gasteiger partial charge in [0.05, 0.1) is 15.9 Å². The van der Waals surface area contributed by atoms with Crippen molar-refractivity contribution in [2.75, 3.05) is 19.3 Å². The van der Waals surface area contributed by atoms with Crippen LogP contribution in [0.5, 0.6) is 0 Å². The smallest absolute Gasteiger partial charge is 0.244 e. The van der Waals surface area contributed by atoms with Crippen molar-refractivity contribution in [2.45, 2.75) is 23.8 Å². The number of anilines is 1. The number of hydrogen-bond donors (Lipinski definition) is 2. The van der Waals surface area contributed by atoms with Crippen LogP contribution < -0.4 is 11.1 Å². The number of benzene rings is 1. The molecule has 1 saturated carbocycles. The van der Waals surface area contributed by atoms with Gasteiger partial charge in [-0.15, -0.1) is 0 Å². The highest BCUT2D eigenvalue weighted by atomic mass is 79.9. The molecule has 1 aliphatic carbocycles. The Labute approximate surface area is 136 Å². The lowest BCUT2D eigenvalue weighted by molar-refractivity contribution is -0.121. The van der Waals surface area contributed by atoms with E-state index in [4.69, 9.17) is 17.3 Å². The average Bonchev–Trinajstić information content (AvgIpc) is 3.17. The minimum atomic E-state index is -3.86. The van der Waals surface area contributed by atoms with Gasteiger partial charge in [-0.2, -0.15) is 4.31 Å². The van der Waals surface area contributed by atoms with Crippen molar-refractivity contribution >= 4 is 49.1 Å². The van der Waals surface area contributed by atoms with E-state index in [0.29, 0.717) is 0 Å². The predicted octanol–water partition coefficient (Wildman–Crippen LogP) is 1.58. The van der Waals surface area contributed by atoms with E-state index < -0.39 is 10.0 Å². The summed E-state index contributed by atoms with van der Waals surface area (Å²) in [6.07, 6.45) is 1.89. The van der Waals surface area contributed by atoms with Crippen molar-refractivity contribution in [2.24, 2.45) is 0 Å². The lowest BCUT2D eigenvalue weighted by Crippen LogP contribution is -2.39. The molecule has 0 aromatic heterocycles. The van der Waals surface area contributed by atoms with Crippen LogP contribution >= 0.6 is 27.5 Å². The Morgan fingerprint density at radius 3 is 2.71 bits per heavy atom. The van der Waals surface area contributed by atoms with Gasteiger partial charge < -0.3 is 11.1 Å². The molecule has 1 fully saturated rings. The van der Waals surface area contributed by atoms with Gasteiger partial charge in [-0.3, -0.25) is 4.79 Å². The van der Waals surface area contributed by atoms with Crippen molar-refractivity contribution in [3.8, 4) is 0 Å². The first-order chi connectivity index (χ1) is 9.71. The van der Waals surface area contributed by atoms with E-state index in [2.05, 4.69) is 21.2 Å². The molecule has 0 atom stereocenters. The zero-order valence-corrected chi connectivity index (χ0v) is 14.4. The number of amides is 1. The van der Waals surface area contributed by atoms with Gasteiger partial charge in [0.15, 0.2) is 0 Å². The van der Waals surface area contributed by atoms with E-state index in [-0.39, 0.29) is 38.6 Å². The first-order valence-corrected chi connectivity index (χ1v) is 8.83. The largest absolute Gasteiger partial charge is 0.398 e. The number of carbonyl (C=O) groups is 1. The second-order valence-electron chi connectivity index (χ2n) is 4.91. The Balaban J connectivity index is 2.22. The second kappa shape index (κ2) is 6.12. The van der Waals surface area contributed by atoms with Crippen LogP contribution in [0.15, 0.2) is 21.5 Å². The summed E-state index contributed by atoms with van der Waals surface area (Å²) in [5, 5.41) is 2.95. The molecule has 0 radical (unpaired) electrons. The molecule has 0 spiro atoms. The third kappa shape index (κ3) is 3.88. The zero-order chi connectivity index (χ0) is 15.8. The number of likely N-dealkylation sites (N-methyl/N-ethyl adjacent to an activating group) is 1. The van der Waals surface area contributed by atoms with Crippen molar-refractivity contribution in [3.63, 3.8) is 0 Å². The van der Waals surface area contributed by atoms with E-state index >= 15 is 0 Å². The SMILES string of the molecule is CN(CC(=O)NC1CC1)S(=O)(=O)c1cc(Cl)cc(N)c1Br. The maximum absolute atomic E-state index is 12.5. The number of nitrogen functional groups attached to an aromatic ring is 1. The fourth-order valence-electron chi connectivity index (χ4n) is 1.73. The number of rotatable bonds is 5. The maximum atomic E-state index is 12.5. The van der Waals surface area contributed by atoms with Crippen LogP contribution in [-0.4, -0.2) is 38.3 Å². The standard InChI is InChI=1S/C12H15BrClN3O3S/c1-17(6-11(18)16-8-2-3-8)21(19,20)10-5-7(14)4-9(15)12(10)13/h4-5,8H,2-3,6,15H2,1H3,(H,16,18). The lowest BCUT2D eigenvalue weighted by atomic mass is 10.3. The van der Waals surface area contributed by atoms with Gasteiger partial charge in [0, 0.05) is 23.8 Å². The fourth-order valence-corrected chi connectivity index (χ4v) is 4.11. The molecular formula is C12H15BrClN3O3S. The van der Waals surface area contributed by atoms with Crippen molar-refractivity contribution in [1.29, 1.82) is 0 Å². The van der Waals surface area contributed by atoms with E-state index in [0.717, 1.165) is 17.1 Å². The third-order valence-electron chi connectivity index (χ3n) is 3.03. The minimum absolute atomic E-state index is 0.0609. The molecule has 6 nitrogen and oxygen atoms in total. The third-order valence-corrected chi connectivity index (χ3v) is 6.22. The Morgan fingerprint density at radius 1 is 1.52 bits per heavy atom. The summed E-state index contributed by atoms with van der Waals surface area (Å²) in [5.41, 5.74) is 5.92. The Kier molecular flexibility index (Phi) is 4.82. The van der Waals surface area contributed by atoms with Gasteiger partial charge in [0.1, 0.15) is 0 Å². The molecule has 1 amide bonds.